The van der Waals surface area contributed by atoms with E-state index >= 15 is 0 Å². The maximum absolute atomic E-state index is 10.4. The topological polar surface area (TPSA) is 95.6 Å². The number of ether oxygens (including phenoxy) is 1. The second kappa shape index (κ2) is 5.83. The van der Waals surface area contributed by atoms with Gasteiger partial charge in [-0.05, 0) is 31.2 Å². The van der Waals surface area contributed by atoms with Crippen molar-refractivity contribution in [3.05, 3.63) is 24.3 Å². The molecule has 3 atom stereocenters. The molecule has 16 heavy (non-hydrogen) atoms. The van der Waals surface area contributed by atoms with Crippen molar-refractivity contribution in [3.63, 3.8) is 0 Å². The van der Waals surface area contributed by atoms with E-state index in [0.29, 0.717) is 11.4 Å². The highest BCUT2D eigenvalue weighted by molar-refractivity contribution is 7.79. The lowest BCUT2D eigenvalue weighted by atomic mass is 10.2. The minimum atomic E-state index is -2.28. The number of aliphatic hydroxyl groups excluding tert-OH is 1. The molecule has 0 fully saturated rings. The molecule has 0 aliphatic rings. The van der Waals surface area contributed by atoms with Gasteiger partial charge in [0, 0.05) is 11.4 Å². The third-order valence-corrected chi connectivity index (χ3v) is 2.66. The zero-order valence-corrected chi connectivity index (χ0v) is 9.65. The van der Waals surface area contributed by atoms with E-state index in [0.717, 1.165) is 0 Å². The summed E-state index contributed by atoms with van der Waals surface area (Å²) in [6.07, 6.45) is -1.64. The lowest BCUT2D eigenvalue weighted by molar-refractivity contribution is 0.0622. The van der Waals surface area contributed by atoms with Crippen LogP contribution in [0, 0.1) is 0 Å². The van der Waals surface area contributed by atoms with Crippen LogP contribution >= 0.6 is 0 Å². The van der Waals surface area contributed by atoms with E-state index in [4.69, 9.17) is 10.5 Å². The molecule has 1 rings (SSSR count). The van der Waals surface area contributed by atoms with Gasteiger partial charge in [0.25, 0.3) is 0 Å². The number of anilines is 1. The minimum absolute atomic E-state index is 0.337. The highest BCUT2D eigenvalue weighted by Crippen LogP contribution is 2.15. The van der Waals surface area contributed by atoms with Crippen molar-refractivity contribution in [2.24, 2.45) is 0 Å². The molecule has 0 spiro atoms. The molecule has 3 unspecified atom stereocenters. The van der Waals surface area contributed by atoms with Crippen molar-refractivity contribution in [2.45, 2.75) is 19.1 Å². The largest absolute Gasteiger partial charge is 0.772 e. The molecular formula is C10H14NO4S-. The SMILES string of the molecule is CC(Oc1ccc(N)cc1)C(O)CS(=O)[O-]. The Morgan fingerprint density at radius 2 is 2.06 bits per heavy atom. The van der Waals surface area contributed by atoms with Gasteiger partial charge >= 0.3 is 0 Å². The van der Waals surface area contributed by atoms with Crippen LogP contribution in [0.15, 0.2) is 24.3 Å². The second-order valence-corrected chi connectivity index (χ2v) is 4.37. The van der Waals surface area contributed by atoms with E-state index in [-0.39, 0.29) is 5.75 Å². The first-order valence-electron chi connectivity index (χ1n) is 4.75. The average Bonchev–Trinajstić information content (AvgIpc) is 2.20. The van der Waals surface area contributed by atoms with Gasteiger partial charge < -0.3 is 20.1 Å². The molecule has 3 N–H and O–H groups in total. The van der Waals surface area contributed by atoms with Crippen LogP contribution in [0.3, 0.4) is 0 Å². The third kappa shape index (κ3) is 4.18. The molecule has 1 aromatic carbocycles. The Morgan fingerprint density at radius 3 is 2.56 bits per heavy atom. The summed E-state index contributed by atoms with van der Waals surface area (Å²) in [5, 5.41) is 9.46. The van der Waals surface area contributed by atoms with Gasteiger partial charge in [0.05, 0.1) is 0 Å². The lowest BCUT2D eigenvalue weighted by Crippen LogP contribution is -2.33. The zero-order chi connectivity index (χ0) is 12.1. The van der Waals surface area contributed by atoms with Gasteiger partial charge in [-0.25, -0.2) is 0 Å². The van der Waals surface area contributed by atoms with E-state index in [1.54, 1.807) is 31.2 Å². The van der Waals surface area contributed by atoms with Crippen molar-refractivity contribution in [3.8, 4) is 5.75 Å². The van der Waals surface area contributed by atoms with Gasteiger partial charge in [-0.2, -0.15) is 0 Å². The van der Waals surface area contributed by atoms with E-state index in [9.17, 15) is 13.9 Å². The summed E-state index contributed by atoms with van der Waals surface area (Å²) in [6.45, 7) is 1.61. The number of benzene rings is 1. The van der Waals surface area contributed by atoms with Crippen molar-refractivity contribution in [2.75, 3.05) is 11.5 Å². The van der Waals surface area contributed by atoms with Crippen LogP contribution in [0.4, 0.5) is 5.69 Å². The number of nitrogen functional groups attached to an aromatic ring is 1. The Hall–Kier alpha value is -1.11. The molecule has 0 aromatic heterocycles. The van der Waals surface area contributed by atoms with Crippen LogP contribution < -0.4 is 10.5 Å². The molecular weight excluding hydrogens is 230 g/mol. The van der Waals surface area contributed by atoms with Gasteiger partial charge in [-0.3, -0.25) is 4.21 Å². The molecule has 0 bridgehead atoms. The van der Waals surface area contributed by atoms with E-state index in [2.05, 4.69) is 0 Å². The smallest absolute Gasteiger partial charge is 0.123 e. The maximum atomic E-state index is 10.4. The Balaban J connectivity index is 2.53. The summed E-state index contributed by atoms with van der Waals surface area (Å²) >= 11 is -2.28. The summed E-state index contributed by atoms with van der Waals surface area (Å²) in [7, 11) is 0. The molecule has 0 saturated heterocycles. The second-order valence-electron chi connectivity index (χ2n) is 3.43. The normalized spacial score (nSPS) is 16.4. The summed E-state index contributed by atoms with van der Waals surface area (Å²) in [4.78, 5) is 0. The fraction of sp³-hybridized carbons (Fsp3) is 0.400. The standard InChI is InChI=1S/C10H15NO4S/c1-7(10(12)6-16(13)14)15-9-4-2-8(11)3-5-9/h2-5,7,10,12H,6,11H2,1H3,(H,13,14)/p-1. The summed E-state index contributed by atoms with van der Waals surface area (Å²) in [5.41, 5.74) is 6.11. The molecule has 90 valence electrons. The average molecular weight is 244 g/mol. The zero-order valence-electron chi connectivity index (χ0n) is 8.83. The van der Waals surface area contributed by atoms with Crippen LogP contribution in [0.5, 0.6) is 5.75 Å². The number of hydrogen-bond acceptors (Lipinski definition) is 5. The number of hydrogen-bond donors (Lipinski definition) is 2. The number of nitrogens with two attached hydrogens (primary N) is 1. The Kier molecular flexibility index (Phi) is 4.72. The highest BCUT2D eigenvalue weighted by atomic mass is 32.2. The highest BCUT2D eigenvalue weighted by Gasteiger charge is 2.15. The lowest BCUT2D eigenvalue weighted by Gasteiger charge is -2.21. The van der Waals surface area contributed by atoms with Crippen molar-refractivity contribution in [1.29, 1.82) is 0 Å². The molecule has 6 heteroatoms. The Morgan fingerprint density at radius 1 is 1.50 bits per heavy atom. The predicted octanol–water partition coefficient (Wildman–Crippen LogP) is 0.276. The molecule has 5 nitrogen and oxygen atoms in total. The Bertz CT molecular complexity index is 354. The summed E-state index contributed by atoms with van der Waals surface area (Å²) in [6, 6.07) is 6.65. The maximum Gasteiger partial charge on any atom is 0.123 e. The van der Waals surface area contributed by atoms with Crippen molar-refractivity contribution in [1.82, 2.24) is 0 Å². The van der Waals surface area contributed by atoms with Crippen LogP contribution in [0.2, 0.25) is 0 Å². The number of rotatable bonds is 5. The fourth-order valence-corrected chi connectivity index (χ4v) is 1.66. The van der Waals surface area contributed by atoms with Crippen LogP contribution in [-0.2, 0) is 11.1 Å². The first-order chi connectivity index (χ1) is 7.49. The molecule has 0 heterocycles. The molecule has 0 saturated carbocycles. The van der Waals surface area contributed by atoms with E-state index in [1.165, 1.54) is 0 Å². The van der Waals surface area contributed by atoms with Gasteiger partial charge in [-0.1, -0.05) is 11.1 Å². The van der Waals surface area contributed by atoms with Gasteiger partial charge in [0.1, 0.15) is 18.0 Å². The van der Waals surface area contributed by atoms with Crippen LogP contribution in [0.1, 0.15) is 6.92 Å². The van der Waals surface area contributed by atoms with Gasteiger partial charge in [-0.15, -0.1) is 0 Å². The van der Waals surface area contributed by atoms with Gasteiger partial charge in [0.15, 0.2) is 0 Å². The fourth-order valence-electron chi connectivity index (χ4n) is 1.11. The van der Waals surface area contributed by atoms with Crippen molar-refractivity contribution >= 4 is 16.8 Å². The summed E-state index contributed by atoms with van der Waals surface area (Å²) in [5.74, 6) is 0.202. The van der Waals surface area contributed by atoms with Crippen molar-refractivity contribution < 1.29 is 18.6 Å². The number of aliphatic hydroxyl groups is 1. The molecule has 1 aromatic rings. The third-order valence-electron chi connectivity index (χ3n) is 2.05. The first kappa shape index (κ1) is 13.0. The van der Waals surface area contributed by atoms with Crippen LogP contribution in [-0.4, -0.2) is 31.8 Å². The molecule has 0 amide bonds. The quantitative estimate of drug-likeness (QED) is 0.573. The Labute approximate surface area is 96.5 Å². The first-order valence-corrected chi connectivity index (χ1v) is 5.99. The van der Waals surface area contributed by atoms with E-state index < -0.39 is 23.3 Å². The predicted molar refractivity (Wildman–Crippen MR) is 60.7 cm³/mol. The van der Waals surface area contributed by atoms with Gasteiger partial charge in [0.2, 0.25) is 0 Å². The van der Waals surface area contributed by atoms with E-state index in [1.807, 2.05) is 0 Å². The molecule has 0 aliphatic carbocycles. The minimum Gasteiger partial charge on any atom is -0.772 e. The summed E-state index contributed by atoms with van der Waals surface area (Å²) < 4.78 is 26.1. The van der Waals surface area contributed by atoms with Crippen LogP contribution in [0.25, 0.3) is 0 Å². The monoisotopic (exact) mass is 244 g/mol. The molecule has 0 aliphatic heterocycles. The molecule has 0 radical (unpaired) electrons.